The quantitative estimate of drug-likeness (QED) is 0.488. The van der Waals surface area contributed by atoms with Gasteiger partial charge in [-0.05, 0) is 31.6 Å². The predicted molar refractivity (Wildman–Crippen MR) is 86.8 cm³/mol. The summed E-state index contributed by atoms with van der Waals surface area (Å²) < 4.78 is 0. The van der Waals surface area contributed by atoms with Crippen LogP contribution in [0.4, 0.5) is 0 Å². The van der Waals surface area contributed by atoms with Crippen molar-refractivity contribution in [3.05, 3.63) is 0 Å². The van der Waals surface area contributed by atoms with Crippen molar-refractivity contribution in [3.63, 3.8) is 0 Å². The number of hydrogen-bond donors (Lipinski definition) is 0. The smallest absolute Gasteiger partial charge is 0.0946 e. The van der Waals surface area contributed by atoms with Gasteiger partial charge < -0.3 is 0 Å². The summed E-state index contributed by atoms with van der Waals surface area (Å²) in [4.78, 5) is 0. The predicted octanol–water partition coefficient (Wildman–Crippen LogP) is 5.47. The Kier molecular flexibility index (Phi) is 8.16. The summed E-state index contributed by atoms with van der Waals surface area (Å²) in [6.45, 7) is 12.5. The van der Waals surface area contributed by atoms with Crippen LogP contribution in [0.15, 0.2) is 10.3 Å². The first-order valence-corrected chi connectivity index (χ1v) is 8.68. The zero-order chi connectivity index (χ0) is 15.0. The SMILES string of the molecule is CC(C)CCCCCCC1N=NN(CCC(C)C)C1C. The van der Waals surface area contributed by atoms with Crippen LogP contribution in [0.1, 0.15) is 79.6 Å². The van der Waals surface area contributed by atoms with E-state index in [1.807, 2.05) is 0 Å². The van der Waals surface area contributed by atoms with Crippen molar-refractivity contribution in [2.75, 3.05) is 6.54 Å². The molecule has 0 spiro atoms. The maximum Gasteiger partial charge on any atom is 0.0946 e. The molecule has 1 aliphatic rings. The fourth-order valence-electron chi connectivity index (χ4n) is 2.71. The van der Waals surface area contributed by atoms with E-state index in [1.54, 1.807) is 0 Å². The molecule has 20 heavy (non-hydrogen) atoms. The summed E-state index contributed by atoms with van der Waals surface area (Å²) >= 11 is 0. The molecule has 3 nitrogen and oxygen atoms in total. The summed E-state index contributed by atoms with van der Waals surface area (Å²) in [6, 6.07) is 0.941. The number of unbranched alkanes of at least 4 members (excludes halogenated alkanes) is 3. The van der Waals surface area contributed by atoms with Crippen LogP contribution in [-0.2, 0) is 0 Å². The van der Waals surface area contributed by atoms with Gasteiger partial charge in [0.1, 0.15) is 0 Å². The van der Waals surface area contributed by atoms with Crippen LogP contribution >= 0.6 is 0 Å². The highest BCUT2D eigenvalue weighted by molar-refractivity contribution is 4.82. The fraction of sp³-hybridized carbons (Fsp3) is 1.00. The van der Waals surface area contributed by atoms with Crippen molar-refractivity contribution in [3.8, 4) is 0 Å². The molecule has 0 fully saturated rings. The van der Waals surface area contributed by atoms with Crippen LogP contribution in [0.25, 0.3) is 0 Å². The second-order valence-electron chi connectivity index (χ2n) is 7.24. The molecule has 0 radical (unpaired) electrons. The molecule has 1 aliphatic heterocycles. The van der Waals surface area contributed by atoms with Crippen molar-refractivity contribution in [2.45, 2.75) is 91.6 Å². The minimum atomic E-state index is 0.437. The van der Waals surface area contributed by atoms with Crippen LogP contribution in [0, 0.1) is 11.8 Å². The highest BCUT2D eigenvalue weighted by Crippen LogP contribution is 2.23. The van der Waals surface area contributed by atoms with Gasteiger partial charge in [0.25, 0.3) is 0 Å². The lowest BCUT2D eigenvalue weighted by atomic mass is 10.00. The van der Waals surface area contributed by atoms with Crippen LogP contribution in [0.2, 0.25) is 0 Å². The largest absolute Gasteiger partial charge is 0.274 e. The molecule has 1 heterocycles. The normalized spacial score (nSPS) is 22.4. The molecule has 0 bridgehead atoms. The monoisotopic (exact) mass is 281 g/mol. The van der Waals surface area contributed by atoms with E-state index in [4.69, 9.17) is 0 Å². The van der Waals surface area contributed by atoms with Crippen molar-refractivity contribution in [1.29, 1.82) is 0 Å². The van der Waals surface area contributed by atoms with Crippen molar-refractivity contribution >= 4 is 0 Å². The van der Waals surface area contributed by atoms with Gasteiger partial charge in [-0.25, -0.2) is 0 Å². The maximum atomic E-state index is 4.47. The third-order valence-corrected chi connectivity index (χ3v) is 4.31. The molecule has 118 valence electrons. The van der Waals surface area contributed by atoms with Crippen LogP contribution < -0.4 is 0 Å². The Hall–Kier alpha value is -0.600. The van der Waals surface area contributed by atoms with Gasteiger partial charge in [-0.1, -0.05) is 65.0 Å². The molecule has 2 atom stereocenters. The van der Waals surface area contributed by atoms with E-state index in [0.29, 0.717) is 12.1 Å². The summed E-state index contributed by atoms with van der Waals surface area (Å²) in [6.07, 6.45) is 9.24. The molecule has 2 unspecified atom stereocenters. The fourth-order valence-corrected chi connectivity index (χ4v) is 2.71. The molecule has 0 aromatic carbocycles. The second kappa shape index (κ2) is 9.36. The molecule has 0 saturated heterocycles. The Balaban J connectivity index is 2.09. The molecular formula is C17H35N3. The molecule has 0 aliphatic carbocycles. The third kappa shape index (κ3) is 6.71. The van der Waals surface area contributed by atoms with E-state index in [2.05, 4.69) is 50.0 Å². The molecule has 0 N–H and O–H groups in total. The lowest BCUT2D eigenvalue weighted by Crippen LogP contribution is -2.33. The first kappa shape index (κ1) is 17.5. The average molecular weight is 281 g/mol. The molecule has 0 saturated carbocycles. The van der Waals surface area contributed by atoms with Crippen molar-refractivity contribution in [1.82, 2.24) is 5.01 Å². The van der Waals surface area contributed by atoms with Gasteiger partial charge in [-0.2, -0.15) is 5.11 Å². The Morgan fingerprint density at radius 3 is 2.20 bits per heavy atom. The average Bonchev–Trinajstić information content (AvgIpc) is 2.72. The molecule has 0 amide bonds. The number of rotatable bonds is 10. The zero-order valence-corrected chi connectivity index (χ0v) is 14.3. The Labute approximate surface area is 126 Å². The van der Waals surface area contributed by atoms with E-state index >= 15 is 0 Å². The van der Waals surface area contributed by atoms with Gasteiger partial charge in [0.05, 0.1) is 12.1 Å². The lowest BCUT2D eigenvalue weighted by Gasteiger charge is -2.22. The van der Waals surface area contributed by atoms with Gasteiger partial charge in [0.2, 0.25) is 0 Å². The van der Waals surface area contributed by atoms with Gasteiger partial charge in [-0.3, -0.25) is 5.01 Å². The van der Waals surface area contributed by atoms with E-state index in [1.165, 1.54) is 44.9 Å². The summed E-state index contributed by atoms with van der Waals surface area (Å²) in [5.41, 5.74) is 0. The third-order valence-electron chi connectivity index (χ3n) is 4.31. The van der Waals surface area contributed by atoms with Crippen LogP contribution in [0.5, 0.6) is 0 Å². The first-order chi connectivity index (χ1) is 9.50. The zero-order valence-electron chi connectivity index (χ0n) is 14.3. The molecule has 0 aromatic rings. The number of nitrogens with zero attached hydrogens (tertiary/aromatic N) is 3. The van der Waals surface area contributed by atoms with E-state index in [0.717, 1.165) is 18.4 Å². The van der Waals surface area contributed by atoms with E-state index in [-0.39, 0.29) is 0 Å². The number of hydrogen-bond acceptors (Lipinski definition) is 3. The van der Waals surface area contributed by atoms with Gasteiger partial charge in [0.15, 0.2) is 0 Å². The van der Waals surface area contributed by atoms with E-state index < -0.39 is 0 Å². The maximum absolute atomic E-state index is 4.47. The van der Waals surface area contributed by atoms with Gasteiger partial charge in [0, 0.05) is 6.54 Å². The topological polar surface area (TPSA) is 28.0 Å². The molecule has 0 aromatic heterocycles. The summed E-state index contributed by atoms with van der Waals surface area (Å²) in [7, 11) is 0. The summed E-state index contributed by atoms with van der Waals surface area (Å²) in [5.74, 6) is 1.60. The molecule has 3 heteroatoms. The van der Waals surface area contributed by atoms with Gasteiger partial charge in [-0.15, -0.1) is 0 Å². The van der Waals surface area contributed by atoms with Crippen LogP contribution in [-0.4, -0.2) is 23.6 Å². The molecular weight excluding hydrogens is 246 g/mol. The summed E-state index contributed by atoms with van der Waals surface area (Å²) in [5, 5.41) is 11.0. The highest BCUT2D eigenvalue weighted by atomic mass is 15.6. The van der Waals surface area contributed by atoms with Crippen molar-refractivity contribution < 1.29 is 0 Å². The van der Waals surface area contributed by atoms with Gasteiger partial charge >= 0.3 is 0 Å². The van der Waals surface area contributed by atoms with Crippen molar-refractivity contribution in [2.24, 2.45) is 22.2 Å². The minimum Gasteiger partial charge on any atom is -0.274 e. The lowest BCUT2D eigenvalue weighted by molar-refractivity contribution is 0.217. The second-order valence-corrected chi connectivity index (χ2v) is 7.24. The Morgan fingerprint density at radius 1 is 0.900 bits per heavy atom. The standard InChI is InChI=1S/C17H35N3/c1-14(2)10-8-6-7-9-11-17-16(5)20(19-18-17)13-12-15(3)4/h14-17H,6-13H2,1-5H3. The Morgan fingerprint density at radius 2 is 1.55 bits per heavy atom. The highest BCUT2D eigenvalue weighted by Gasteiger charge is 2.27. The minimum absolute atomic E-state index is 0.437. The van der Waals surface area contributed by atoms with E-state index in [9.17, 15) is 0 Å². The van der Waals surface area contributed by atoms with Crippen LogP contribution in [0.3, 0.4) is 0 Å². The first-order valence-electron chi connectivity index (χ1n) is 8.68. The Bertz CT molecular complexity index is 273. The molecule has 1 rings (SSSR count).